The summed E-state index contributed by atoms with van der Waals surface area (Å²) in [6.45, 7) is 1.97. The normalized spacial score (nSPS) is 10.9. The average molecular weight is 314 g/mol. The van der Waals surface area contributed by atoms with Crippen LogP contribution < -0.4 is 11.1 Å². The van der Waals surface area contributed by atoms with E-state index in [2.05, 4.69) is 5.32 Å². The Hall–Kier alpha value is -2.89. The van der Waals surface area contributed by atoms with Crippen LogP contribution in [0, 0.1) is 12.7 Å². The molecule has 3 aromatic rings. The van der Waals surface area contributed by atoms with Crippen molar-refractivity contribution < 1.29 is 13.6 Å². The van der Waals surface area contributed by atoms with Gasteiger partial charge in [-0.15, -0.1) is 0 Å². The highest BCUT2D eigenvalue weighted by atomic mass is 19.1. The summed E-state index contributed by atoms with van der Waals surface area (Å²) in [5.41, 5.74) is 2.09. The first-order valence-corrected chi connectivity index (χ1v) is 7.19. The van der Waals surface area contributed by atoms with Gasteiger partial charge in [-0.1, -0.05) is 18.2 Å². The van der Waals surface area contributed by atoms with Gasteiger partial charge in [0.25, 0.3) is 0 Å². The summed E-state index contributed by atoms with van der Waals surface area (Å²) < 4.78 is 20.1. The van der Waals surface area contributed by atoms with Gasteiger partial charge in [-0.2, -0.15) is 0 Å². The summed E-state index contributed by atoms with van der Waals surface area (Å²) in [7, 11) is 0. The number of benzene rings is 2. The highest BCUT2D eigenvalue weighted by molar-refractivity contribution is 5.91. The summed E-state index contributed by atoms with van der Waals surface area (Å²) in [5, 5.41) is 2.52. The van der Waals surface area contributed by atoms with Crippen LogP contribution in [0.1, 0.15) is 12.0 Å². The molecule has 0 aliphatic carbocycles. The Balaban J connectivity index is 1.72. The third kappa shape index (κ3) is 3.15. The fourth-order valence-corrected chi connectivity index (χ4v) is 2.39. The Labute approximate surface area is 131 Å². The molecule has 1 amide bonds. The van der Waals surface area contributed by atoms with Gasteiger partial charge in [0.05, 0.1) is 11.2 Å². The predicted octanol–water partition coefficient (Wildman–Crippen LogP) is 3.07. The molecule has 3 rings (SSSR count). The number of aromatic nitrogens is 1. The van der Waals surface area contributed by atoms with Gasteiger partial charge in [0.1, 0.15) is 5.82 Å². The third-order valence-corrected chi connectivity index (χ3v) is 3.53. The molecule has 0 aliphatic rings. The molecule has 0 atom stereocenters. The largest absolute Gasteiger partial charge is 0.419 e. The smallest absolute Gasteiger partial charge is 0.408 e. The van der Waals surface area contributed by atoms with E-state index >= 15 is 0 Å². The molecule has 1 heterocycles. The highest BCUT2D eigenvalue weighted by Gasteiger charge is 2.11. The number of aryl methyl sites for hydroxylation is 2. The topological polar surface area (TPSA) is 64.2 Å². The maximum Gasteiger partial charge on any atom is 0.419 e. The molecule has 0 radical (unpaired) electrons. The zero-order chi connectivity index (χ0) is 16.4. The molecule has 1 N–H and O–H groups in total. The first-order chi connectivity index (χ1) is 11.0. The van der Waals surface area contributed by atoms with Crippen molar-refractivity contribution in [2.45, 2.75) is 19.9 Å². The summed E-state index contributed by atoms with van der Waals surface area (Å²) in [5.74, 6) is -1.37. The summed E-state index contributed by atoms with van der Waals surface area (Å²) in [6.07, 6.45) is 0.0385. The number of nitrogens with one attached hydrogen (secondary N) is 1. The molecule has 0 saturated heterocycles. The molecule has 2 aromatic carbocycles. The Kier molecular flexibility index (Phi) is 3.97. The lowest BCUT2D eigenvalue weighted by Gasteiger charge is -2.07. The zero-order valence-corrected chi connectivity index (χ0v) is 12.5. The van der Waals surface area contributed by atoms with Crippen molar-refractivity contribution in [3.05, 3.63) is 64.4 Å². The third-order valence-electron chi connectivity index (χ3n) is 3.53. The molecule has 1 aromatic heterocycles. The van der Waals surface area contributed by atoms with Crippen molar-refractivity contribution in [3.8, 4) is 0 Å². The van der Waals surface area contributed by atoms with E-state index in [9.17, 15) is 14.0 Å². The van der Waals surface area contributed by atoms with E-state index in [0.717, 1.165) is 5.56 Å². The van der Waals surface area contributed by atoms with Crippen LogP contribution in [0.25, 0.3) is 11.1 Å². The lowest BCUT2D eigenvalue weighted by atomic mass is 10.2. The van der Waals surface area contributed by atoms with E-state index in [-0.39, 0.29) is 24.6 Å². The van der Waals surface area contributed by atoms with Crippen molar-refractivity contribution >= 4 is 22.7 Å². The maximum absolute atomic E-state index is 13.6. The van der Waals surface area contributed by atoms with E-state index in [0.29, 0.717) is 11.1 Å². The lowest BCUT2D eigenvalue weighted by Crippen LogP contribution is -2.20. The first kappa shape index (κ1) is 15.0. The number of rotatable bonds is 4. The van der Waals surface area contributed by atoms with Crippen LogP contribution in [0.15, 0.2) is 51.7 Å². The van der Waals surface area contributed by atoms with Crippen LogP contribution >= 0.6 is 0 Å². The zero-order valence-electron chi connectivity index (χ0n) is 12.5. The molecule has 5 nitrogen and oxygen atoms in total. The average Bonchev–Trinajstić information content (AvgIpc) is 2.84. The second-order valence-electron chi connectivity index (χ2n) is 5.27. The summed E-state index contributed by atoms with van der Waals surface area (Å²) in [4.78, 5) is 23.8. The van der Waals surface area contributed by atoms with Crippen LogP contribution in [0.2, 0.25) is 0 Å². The first-order valence-electron chi connectivity index (χ1n) is 7.19. The van der Waals surface area contributed by atoms with Crippen LogP contribution in [-0.4, -0.2) is 10.5 Å². The number of oxazole rings is 1. The molecule has 0 spiro atoms. The number of fused-ring (bicyclic) bond motifs is 1. The van der Waals surface area contributed by atoms with E-state index in [4.69, 9.17) is 4.42 Å². The lowest BCUT2D eigenvalue weighted by molar-refractivity contribution is -0.116. The van der Waals surface area contributed by atoms with Gasteiger partial charge < -0.3 is 9.73 Å². The van der Waals surface area contributed by atoms with Crippen LogP contribution in [0.3, 0.4) is 0 Å². The van der Waals surface area contributed by atoms with E-state index in [1.165, 1.54) is 10.6 Å². The van der Waals surface area contributed by atoms with Gasteiger partial charge in [0.15, 0.2) is 5.58 Å². The van der Waals surface area contributed by atoms with Gasteiger partial charge in [-0.25, -0.2) is 9.18 Å². The second-order valence-corrected chi connectivity index (χ2v) is 5.27. The molecule has 0 fully saturated rings. The molecule has 0 aliphatic heterocycles. The highest BCUT2D eigenvalue weighted by Crippen LogP contribution is 2.16. The molecule has 0 bridgehead atoms. The second kappa shape index (κ2) is 6.08. The quantitative estimate of drug-likeness (QED) is 0.805. The Morgan fingerprint density at radius 3 is 2.87 bits per heavy atom. The van der Waals surface area contributed by atoms with Crippen LogP contribution in [-0.2, 0) is 11.3 Å². The molecule has 23 heavy (non-hydrogen) atoms. The number of anilines is 1. The van der Waals surface area contributed by atoms with E-state index in [1.54, 1.807) is 36.4 Å². The Morgan fingerprint density at radius 1 is 1.26 bits per heavy atom. The number of halogens is 1. The van der Waals surface area contributed by atoms with Gasteiger partial charge in [-0.05, 0) is 36.8 Å². The molecule has 6 heteroatoms. The number of hydrogen-bond donors (Lipinski definition) is 1. The van der Waals surface area contributed by atoms with Crippen molar-refractivity contribution in [2.75, 3.05) is 5.32 Å². The van der Waals surface area contributed by atoms with Crippen molar-refractivity contribution in [3.63, 3.8) is 0 Å². The minimum Gasteiger partial charge on any atom is -0.408 e. The van der Waals surface area contributed by atoms with E-state index < -0.39 is 11.6 Å². The van der Waals surface area contributed by atoms with Crippen molar-refractivity contribution in [2.24, 2.45) is 0 Å². The van der Waals surface area contributed by atoms with Gasteiger partial charge >= 0.3 is 5.76 Å². The number of hydrogen-bond acceptors (Lipinski definition) is 3. The molecule has 0 saturated carbocycles. The molecular formula is C17H15FN2O3. The fourth-order valence-electron chi connectivity index (χ4n) is 2.39. The maximum atomic E-state index is 13.6. The summed E-state index contributed by atoms with van der Waals surface area (Å²) >= 11 is 0. The number of carbonyl (C=O) groups is 1. The molecule has 0 unspecified atom stereocenters. The van der Waals surface area contributed by atoms with Crippen LogP contribution in [0.5, 0.6) is 0 Å². The molecule has 118 valence electrons. The van der Waals surface area contributed by atoms with Gasteiger partial charge in [0, 0.05) is 13.0 Å². The number of amides is 1. The minimum atomic E-state index is -0.513. The monoisotopic (exact) mass is 314 g/mol. The number of nitrogens with zero attached hydrogens (tertiary/aromatic N) is 1. The number of para-hydroxylation sites is 2. The van der Waals surface area contributed by atoms with Gasteiger partial charge in [0.2, 0.25) is 5.91 Å². The Bertz CT molecular complexity index is 927. The molecular weight excluding hydrogens is 299 g/mol. The standard InChI is InChI=1S/C17H15FN2O3/c1-11-6-7-12(18)13(10-11)19-16(21)8-9-20-14-4-2-3-5-15(14)23-17(20)22/h2-7,10H,8-9H2,1H3,(H,19,21). The number of carbonyl (C=O) groups excluding carboxylic acids is 1. The van der Waals surface area contributed by atoms with Gasteiger partial charge in [-0.3, -0.25) is 9.36 Å². The Morgan fingerprint density at radius 2 is 2.04 bits per heavy atom. The summed E-state index contributed by atoms with van der Waals surface area (Å²) in [6, 6.07) is 11.5. The van der Waals surface area contributed by atoms with Crippen LogP contribution in [0.4, 0.5) is 10.1 Å². The van der Waals surface area contributed by atoms with Crippen molar-refractivity contribution in [1.82, 2.24) is 4.57 Å². The van der Waals surface area contributed by atoms with Crippen molar-refractivity contribution in [1.29, 1.82) is 0 Å². The fraction of sp³-hybridized carbons (Fsp3) is 0.176. The SMILES string of the molecule is Cc1ccc(F)c(NC(=O)CCn2c(=O)oc3ccccc32)c1. The predicted molar refractivity (Wildman–Crippen MR) is 84.9 cm³/mol. The minimum absolute atomic E-state index is 0.0385. The van der Waals surface area contributed by atoms with E-state index in [1.807, 2.05) is 6.92 Å².